The molecule has 0 fully saturated rings. The van der Waals surface area contributed by atoms with Gasteiger partial charge in [0, 0.05) is 17.8 Å². The van der Waals surface area contributed by atoms with Crippen LogP contribution in [0, 0.1) is 7.11 Å². The van der Waals surface area contributed by atoms with Crippen LogP contribution in [0.15, 0.2) is 22.8 Å². The Kier molecular flexibility index (Phi) is 1.81. The first-order valence-electron chi connectivity index (χ1n) is 3.79. The van der Waals surface area contributed by atoms with E-state index in [0.717, 1.165) is 16.8 Å². The monoisotopic (exact) mass is 178 g/mol. The lowest BCUT2D eigenvalue weighted by atomic mass is 10.3. The number of fused-ring (bicyclic) bond motifs is 1. The van der Waals surface area contributed by atoms with Crippen LogP contribution in [0.2, 0.25) is 0 Å². The Hall–Kier alpha value is -1.71. The number of hydrogen-bond acceptors (Lipinski definition) is 3. The molecule has 2 heterocycles. The maximum atomic E-state index is 10.8. The first kappa shape index (κ1) is 7.91. The van der Waals surface area contributed by atoms with Gasteiger partial charge in [-0.25, -0.2) is 0 Å². The van der Waals surface area contributed by atoms with Gasteiger partial charge in [0.25, 0.3) is 0 Å². The molecule has 0 bridgehead atoms. The summed E-state index contributed by atoms with van der Waals surface area (Å²) in [6, 6.07) is 3.57. The molecule has 0 aromatic carbocycles. The van der Waals surface area contributed by atoms with Crippen LogP contribution in [0.25, 0.3) is 11.1 Å². The second-order valence-electron chi connectivity index (χ2n) is 2.69. The van der Waals surface area contributed by atoms with Gasteiger partial charge in [0.2, 0.25) is 0 Å². The molecule has 2 rings (SSSR count). The average Bonchev–Trinajstić information content (AvgIpc) is 2.63. The summed E-state index contributed by atoms with van der Waals surface area (Å²) in [5, 5.41) is 0. The quantitative estimate of drug-likeness (QED) is 0.711. The van der Waals surface area contributed by atoms with Gasteiger partial charge in [0.15, 0.2) is 5.58 Å². The molecule has 0 unspecified atom stereocenters. The van der Waals surface area contributed by atoms with E-state index in [0.29, 0.717) is 0 Å². The SMILES string of the molecule is [CH2]OC(=O)Cc1cc2occc2[nH]1. The molecule has 0 atom stereocenters. The van der Waals surface area contributed by atoms with E-state index < -0.39 is 0 Å². The summed E-state index contributed by atoms with van der Waals surface area (Å²) >= 11 is 0. The molecular weight excluding hydrogens is 170 g/mol. The Morgan fingerprint density at radius 1 is 1.69 bits per heavy atom. The van der Waals surface area contributed by atoms with Crippen molar-refractivity contribution in [1.29, 1.82) is 0 Å². The summed E-state index contributed by atoms with van der Waals surface area (Å²) in [5.74, 6) is -0.371. The molecule has 0 saturated heterocycles. The Balaban J connectivity index is 2.25. The summed E-state index contributed by atoms with van der Waals surface area (Å²) < 4.78 is 9.40. The minimum Gasteiger partial charge on any atom is -0.463 e. The molecule has 0 aliphatic heterocycles. The van der Waals surface area contributed by atoms with Crippen LogP contribution in [0.3, 0.4) is 0 Å². The fraction of sp³-hybridized carbons (Fsp3) is 0.111. The molecule has 13 heavy (non-hydrogen) atoms. The van der Waals surface area contributed by atoms with E-state index in [1.807, 2.05) is 0 Å². The zero-order valence-electron chi connectivity index (χ0n) is 6.87. The fourth-order valence-electron chi connectivity index (χ4n) is 1.21. The number of hydrogen-bond donors (Lipinski definition) is 1. The molecule has 4 heteroatoms. The van der Waals surface area contributed by atoms with Crippen molar-refractivity contribution in [2.24, 2.45) is 0 Å². The highest BCUT2D eigenvalue weighted by atomic mass is 16.5. The van der Waals surface area contributed by atoms with E-state index in [1.54, 1.807) is 18.4 Å². The van der Waals surface area contributed by atoms with Gasteiger partial charge in [-0.2, -0.15) is 0 Å². The van der Waals surface area contributed by atoms with Crippen LogP contribution in [0.1, 0.15) is 5.69 Å². The summed E-state index contributed by atoms with van der Waals surface area (Å²) in [7, 11) is 3.04. The third-order valence-electron chi connectivity index (χ3n) is 1.79. The second-order valence-corrected chi connectivity index (χ2v) is 2.69. The van der Waals surface area contributed by atoms with Crippen LogP contribution in [-0.2, 0) is 16.0 Å². The van der Waals surface area contributed by atoms with Gasteiger partial charge in [-0.1, -0.05) is 0 Å². The maximum absolute atomic E-state index is 10.8. The highest BCUT2D eigenvalue weighted by Crippen LogP contribution is 2.16. The smallest absolute Gasteiger partial charge is 0.311 e. The lowest BCUT2D eigenvalue weighted by Crippen LogP contribution is -2.03. The Morgan fingerprint density at radius 3 is 3.23 bits per heavy atom. The minimum absolute atomic E-state index is 0.188. The van der Waals surface area contributed by atoms with E-state index >= 15 is 0 Å². The molecule has 4 nitrogen and oxygen atoms in total. The zero-order valence-corrected chi connectivity index (χ0v) is 6.87. The van der Waals surface area contributed by atoms with Gasteiger partial charge < -0.3 is 14.1 Å². The van der Waals surface area contributed by atoms with Crippen LogP contribution in [0.4, 0.5) is 0 Å². The van der Waals surface area contributed by atoms with Crippen LogP contribution in [-0.4, -0.2) is 11.0 Å². The van der Waals surface area contributed by atoms with Crippen molar-refractivity contribution in [3.63, 3.8) is 0 Å². The van der Waals surface area contributed by atoms with Crippen molar-refractivity contribution in [1.82, 2.24) is 4.98 Å². The number of rotatable bonds is 2. The Morgan fingerprint density at radius 2 is 2.54 bits per heavy atom. The summed E-state index contributed by atoms with van der Waals surface area (Å²) in [5.41, 5.74) is 2.39. The van der Waals surface area contributed by atoms with Crippen LogP contribution < -0.4 is 0 Å². The number of carbonyl (C=O) groups excluding carboxylic acids is 1. The van der Waals surface area contributed by atoms with E-state index in [9.17, 15) is 4.79 Å². The third kappa shape index (κ3) is 1.42. The van der Waals surface area contributed by atoms with E-state index in [1.165, 1.54) is 0 Å². The van der Waals surface area contributed by atoms with Crippen molar-refractivity contribution in [3.8, 4) is 0 Å². The van der Waals surface area contributed by atoms with Crippen LogP contribution in [0.5, 0.6) is 0 Å². The standard InChI is InChI=1S/C9H8NO3/c1-12-9(11)5-6-4-8-7(10-6)2-3-13-8/h2-4,10H,1,5H2. The van der Waals surface area contributed by atoms with Gasteiger partial charge >= 0.3 is 5.97 Å². The molecular formula is C9H8NO3. The van der Waals surface area contributed by atoms with Crippen molar-refractivity contribution >= 4 is 17.1 Å². The fourth-order valence-corrected chi connectivity index (χ4v) is 1.21. The summed E-state index contributed by atoms with van der Waals surface area (Å²) in [6.07, 6.45) is 1.78. The van der Waals surface area contributed by atoms with Crippen molar-refractivity contribution in [3.05, 3.63) is 31.2 Å². The molecule has 2 aromatic rings. The Bertz CT molecular complexity index is 398. The topological polar surface area (TPSA) is 55.2 Å². The number of esters is 1. The highest BCUT2D eigenvalue weighted by molar-refractivity contribution is 5.78. The molecule has 0 spiro atoms. The number of furan rings is 1. The zero-order chi connectivity index (χ0) is 9.26. The minimum atomic E-state index is -0.371. The van der Waals surface area contributed by atoms with Gasteiger partial charge in [-0.3, -0.25) is 4.79 Å². The maximum Gasteiger partial charge on any atom is 0.311 e. The molecule has 0 aliphatic rings. The average molecular weight is 178 g/mol. The summed E-state index contributed by atoms with van der Waals surface area (Å²) in [6.45, 7) is 0. The molecule has 67 valence electrons. The second kappa shape index (κ2) is 2.97. The predicted octanol–water partition coefficient (Wildman–Crippen LogP) is 1.64. The number of ether oxygens (including phenoxy) is 1. The first-order chi connectivity index (χ1) is 6.29. The van der Waals surface area contributed by atoms with Gasteiger partial charge in [0.1, 0.15) is 7.11 Å². The Labute approximate surface area is 74.5 Å². The number of carbonyl (C=O) groups is 1. The number of H-pyrrole nitrogens is 1. The summed E-state index contributed by atoms with van der Waals surface area (Å²) in [4.78, 5) is 13.9. The van der Waals surface area contributed by atoms with Crippen molar-refractivity contribution in [2.75, 3.05) is 0 Å². The number of nitrogens with one attached hydrogen (secondary N) is 1. The number of aromatic nitrogens is 1. The lowest BCUT2D eigenvalue weighted by molar-refractivity contribution is -0.137. The first-order valence-corrected chi connectivity index (χ1v) is 3.79. The largest absolute Gasteiger partial charge is 0.463 e. The predicted molar refractivity (Wildman–Crippen MR) is 45.7 cm³/mol. The molecule has 0 amide bonds. The molecule has 0 saturated carbocycles. The number of aromatic amines is 1. The van der Waals surface area contributed by atoms with Gasteiger partial charge in [0.05, 0.1) is 18.2 Å². The van der Waals surface area contributed by atoms with Crippen molar-refractivity contribution in [2.45, 2.75) is 6.42 Å². The van der Waals surface area contributed by atoms with Gasteiger partial charge in [-0.15, -0.1) is 0 Å². The normalized spacial score (nSPS) is 10.5. The molecule has 1 N–H and O–H groups in total. The third-order valence-corrected chi connectivity index (χ3v) is 1.79. The highest BCUT2D eigenvalue weighted by Gasteiger charge is 2.07. The molecule has 2 aromatic heterocycles. The van der Waals surface area contributed by atoms with Gasteiger partial charge in [-0.05, 0) is 0 Å². The van der Waals surface area contributed by atoms with E-state index in [4.69, 9.17) is 4.42 Å². The van der Waals surface area contributed by atoms with E-state index in [2.05, 4.69) is 16.8 Å². The molecule has 0 aliphatic carbocycles. The van der Waals surface area contributed by atoms with E-state index in [-0.39, 0.29) is 12.4 Å². The van der Waals surface area contributed by atoms with Crippen LogP contribution >= 0.6 is 0 Å². The van der Waals surface area contributed by atoms with Crippen molar-refractivity contribution < 1.29 is 13.9 Å². The lowest BCUT2D eigenvalue weighted by Gasteiger charge is -1.94. The molecule has 1 radical (unpaired) electrons.